The number of para-hydroxylation sites is 1. The number of hydrogen-bond donors (Lipinski definition) is 2. The lowest BCUT2D eigenvalue weighted by Crippen LogP contribution is -2.47. The van der Waals surface area contributed by atoms with Crippen LogP contribution >= 0.6 is 12.4 Å². The van der Waals surface area contributed by atoms with Gasteiger partial charge in [0.25, 0.3) is 0 Å². The molecular formula is C16H19ClN2O2. The molecule has 2 aromatic carbocycles. The van der Waals surface area contributed by atoms with E-state index in [-0.39, 0.29) is 25.1 Å². The number of halogens is 1. The largest absolute Gasteiger partial charge is 0.394 e. The minimum atomic E-state index is -0.564. The summed E-state index contributed by atoms with van der Waals surface area (Å²) in [5.41, 5.74) is 7.21. The van der Waals surface area contributed by atoms with Gasteiger partial charge in [0.05, 0.1) is 12.6 Å². The van der Waals surface area contributed by atoms with Crippen molar-refractivity contribution in [3.63, 3.8) is 0 Å². The highest BCUT2D eigenvalue weighted by molar-refractivity contribution is 5.91. The highest BCUT2D eigenvalue weighted by Crippen LogP contribution is 2.18. The van der Waals surface area contributed by atoms with E-state index in [2.05, 4.69) is 0 Å². The van der Waals surface area contributed by atoms with Crippen molar-refractivity contribution in [2.24, 2.45) is 5.73 Å². The Morgan fingerprint density at radius 3 is 2.05 bits per heavy atom. The van der Waals surface area contributed by atoms with E-state index in [1.165, 1.54) is 4.90 Å². The third-order valence-electron chi connectivity index (χ3n) is 3.16. The van der Waals surface area contributed by atoms with E-state index in [4.69, 9.17) is 5.73 Å². The second kappa shape index (κ2) is 8.29. The summed E-state index contributed by atoms with van der Waals surface area (Å²) >= 11 is 0. The van der Waals surface area contributed by atoms with E-state index in [1.807, 2.05) is 48.5 Å². The predicted octanol–water partition coefficient (Wildman–Crippen LogP) is 2.60. The highest BCUT2D eigenvalue weighted by Gasteiger charge is 2.23. The van der Waals surface area contributed by atoms with Crippen molar-refractivity contribution in [2.75, 3.05) is 11.5 Å². The molecule has 2 rings (SSSR count). The van der Waals surface area contributed by atoms with Crippen molar-refractivity contribution in [1.82, 2.24) is 0 Å². The average molecular weight is 307 g/mol. The molecule has 1 atom stereocenters. The summed E-state index contributed by atoms with van der Waals surface area (Å²) in [7, 11) is 0. The number of urea groups is 1. The Bertz CT molecular complexity index is 549. The van der Waals surface area contributed by atoms with Gasteiger partial charge in [0.2, 0.25) is 0 Å². The van der Waals surface area contributed by atoms with Crippen molar-refractivity contribution >= 4 is 24.1 Å². The molecule has 4 nitrogen and oxygen atoms in total. The van der Waals surface area contributed by atoms with Gasteiger partial charge in [-0.1, -0.05) is 48.5 Å². The number of benzene rings is 2. The van der Waals surface area contributed by atoms with E-state index in [9.17, 15) is 9.90 Å². The Morgan fingerprint density at radius 1 is 1.05 bits per heavy atom. The van der Waals surface area contributed by atoms with Crippen LogP contribution in [0.3, 0.4) is 0 Å². The molecule has 2 aromatic rings. The smallest absolute Gasteiger partial charge is 0.319 e. The van der Waals surface area contributed by atoms with E-state index in [0.29, 0.717) is 12.1 Å². The zero-order valence-corrected chi connectivity index (χ0v) is 12.4. The fourth-order valence-electron chi connectivity index (χ4n) is 2.23. The Hall–Kier alpha value is -2.04. The number of rotatable bonds is 5. The monoisotopic (exact) mass is 306 g/mol. The molecule has 0 heterocycles. The molecule has 2 amide bonds. The first kappa shape index (κ1) is 17.0. The van der Waals surface area contributed by atoms with Crippen LogP contribution in [-0.4, -0.2) is 23.8 Å². The van der Waals surface area contributed by atoms with Crippen LogP contribution in [-0.2, 0) is 6.42 Å². The van der Waals surface area contributed by atoms with Crippen molar-refractivity contribution in [1.29, 1.82) is 0 Å². The molecule has 0 fully saturated rings. The van der Waals surface area contributed by atoms with Crippen LogP contribution < -0.4 is 10.6 Å². The van der Waals surface area contributed by atoms with Gasteiger partial charge in [-0.3, -0.25) is 4.90 Å². The van der Waals surface area contributed by atoms with Crippen molar-refractivity contribution in [3.05, 3.63) is 66.2 Å². The molecule has 5 heteroatoms. The predicted molar refractivity (Wildman–Crippen MR) is 86.8 cm³/mol. The Balaban J connectivity index is 0.00000220. The topological polar surface area (TPSA) is 66.6 Å². The number of nitrogens with zero attached hydrogens (tertiary/aromatic N) is 1. The van der Waals surface area contributed by atoms with Gasteiger partial charge in [-0.2, -0.15) is 0 Å². The lowest BCUT2D eigenvalue weighted by Gasteiger charge is -2.29. The molecule has 0 bridgehead atoms. The third-order valence-corrected chi connectivity index (χ3v) is 3.16. The van der Waals surface area contributed by atoms with Crippen molar-refractivity contribution in [3.8, 4) is 0 Å². The molecule has 0 unspecified atom stereocenters. The lowest BCUT2D eigenvalue weighted by atomic mass is 10.0. The first-order valence-electron chi connectivity index (χ1n) is 6.51. The fraction of sp³-hybridized carbons (Fsp3) is 0.188. The minimum Gasteiger partial charge on any atom is -0.394 e. The molecule has 0 aliphatic heterocycles. The van der Waals surface area contributed by atoms with E-state index >= 15 is 0 Å². The number of carbonyl (C=O) groups excluding carboxylic acids is 1. The first-order valence-corrected chi connectivity index (χ1v) is 6.51. The number of nitrogens with two attached hydrogens (primary N) is 1. The summed E-state index contributed by atoms with van der Waals surface area (Å²) in [4.78, 5) is 13.2. The SMILES string of the molecule is Cl.NC(=O)N(c1ccccc1)[C@@H](CO)Cc1ccccc1. The molecule has 0 aliphatic rings. The summed E-state index contributed by atoms with van der Waals surface area (Å²) in [5, 5.41) is 9.62. The molecule has 0 aliphatic carbocycles. The van der Waals surface area contributed by atoms with E-state index in [0.717, 1.165) is 5.56 Å². The van der Waals surface area contributed by atoms with Crippen LogP contribution in [0.25, 0.3) is 0 Å². The molecule has 112 valence electrons. The molecule has 0 saturated carbocycles. The molecule has 3 N–H and O–H groups in total. The fourth-order valence-corrected chi connectivity index (χ4v) is 2.23. The number of anilines is 1. The van der Waals surface area contributed by atoms with Gasteiger partial charge in [0, 0.05) is 5.69 Å². The van der Waals surface area contributed by atoms with Gasteiger partial charge in [-0.25, -0.2) is 4.79 Å². The number of amides is 2. The Kier molecular flexibility index (Phi) is 6.72. The Labute approximate surface area is 130 Å². The highest BCUT2D eigenvalue weighted by atomic mass is 35.5. The number of aliphatic hydroxyl groups is 1. The van der Waals surface area contributed by atoms with Crippen LogP contribution in [0.5, 0.6) is 0 Å². The van der Waals surface area contributed by atoms with E-state index < -0.39 is 6.03 Å². The standard InChI is InChI=1S/C16H18N2O2.ClH/c17-16(20)18(14-9-5-2-6-10-14)15(12-19)11-13-7-3-1-4-8-13;/h1-10,15,19H,11-12H2,(H2,17,20);1H/t15-;/m1./s1. The van der Waals surface area contributed by atoms with E-state index in [1.54, 1.807) is 12.1 Å². The maximum absolute atomic E-state index is 11.7. The van der Waals surface area contributed by atoms with Gasteiger partial charge >= 0.3 is 6.03 Å². The second-order valence-electron chi connectivity index (χ2n) is 4.57. The molecule has 0 radical (unpaired) electrons. The lowest BCUT2D eigenvalue weighted by molar-refractivity contribution is 0.235. The molecule has 21 heavy (non-hydrogen) atoms. The van der Waals surface area contributed by atoms with Gasteiger partial charge in [0.1, 0.15) is 0 Å². The Morgan fingerprint density at radius 2 is 1.57 bits per heavy atom. The number of hydrogen-bond acceptors (Lipinski definition) is 2. The zero-order chi connectivity index (χ0) is 14.4. The summed E-state index contributed by atoms with van der Waals surface area (Å²) in [6.45, 7) is -0.146. The molecule has 0 spiro atoms. The third kappa shape index (κ3) is 4.48. The zero-order valence-electron chi connectivity index (χ0n) is 11.6. The molecular weight excluding hydrogens is 288 g/mol. The first-order chi connectivity index (χ1) is 9.72. The summed E-state index contributed by atoms with van der Waals surface area (Å²) in [6, 6.07) is 17.9. The van der Waals surface area contributed by atoms with Crippen LogP contribution in [0.2, 0.25) is 0 Å². The van der Waals surface area contributed by atoms with Crippen molar-refractivity contribution < 1.29 is 9.90 Å². The van der Waals surface area contributed by atoms with Crippen LogP contribution in [0.4, 0.5) is 10.5 Å². The summed E-state index contributed by atoms with van der Waals surface area (Å²) in [5.74, 6) is 0. The maximum Gasteiger partial charge on any atom is 0.319 e. The average Bonchev–Trinajstić information content (AvgIpc) is 2.48. The quantitative estimate of drug-likeness (QED) is 0.891. The van der Waals surface area contributed by atoms with Gasteiger partial charge in [-0.05, 0) is 24.1 Å². The summed E-state index contributed by atoms with van der Waals surface area (Å²) < 4.78 is 0. The van der Waals surface area contributed by atoms with Gasteiger partial charge in [0.15, 0.2) is 0 Å². The van der Waals surface area contributed by atoms with Crippen LogP contribution in [0.1, 0.15) is 5.56 Å². The summed E-state index contributed by atoms with van der Waals surface area (Å²) in [6.07, 6.45) is 0.551. The number of carbonyl (C=O) groups is 1. The number of aliphatic hydroxyl groups excluding tert-OH is 1. The normalized spacial score (nSPS) is 11.3. The molecule has 0 saturated heterocycles. The second-order valence-corrected chi connectivity index (χ2v) is 4.57. The van der Waals surface area contributed by atoms with Gasteiger partial charge < -0.3 is 10.8 Å². The maximum atomic E-state index is 11.7. The molecule has 0 aromatic heterocycles. The van der Waals surface area contributed by atoms with Gasteiger partial charge in [-0.15, -0.1) is 12.4 Å². The van der Waals surface area contributed by atoms with Crippen LogP contribution in [0, 0.1) is 0 Å². The van der Waals surface area contributed by atoms with Crippen molar-refractivity contribution in [2.45, 2.75) is 12.5 Å². The minimum absolute atomic E-state index is 0. The number of primary amides is 1. The van der Waals surface area contributed by atoms with Crippen LogP contribution in [0.15, 0.2) is 60.7 Å².